The van der Waals surface area contributed by atoms with E-state index in [4.69, 9.17) is 0 Å². The molecule has 0 spiro atoms. The molecule has 2 aliphatic heterocycles. The molecule has 3 aromatic heterocycles. The van der Waals surface area contributed by atoms with Gasteiger partial charge in [0.15, 0.2) is 16.6 Å². The first-order chi connectivity index (χ1) is 17.4. The summed E-state index contributed by atoms with van der Waals surface area (Å²) in [7, 11) is 0. The van der Waals surface area contributed by atoms with Crippen LogP contribution in [0.25, 0.3) is 0 Å². The number of thiazole rings is 1. The summed E-state index contributed by atoms with van der Waals surface area (Å²) in [6, 6.07) is 12.2. The van der Waals surface area contributed by atoms with Crippen LogP contribution in [-0.4, -0.2) is 33.3 Å². The van der Waals surface area contributed by atoms with E-state index in [1.807, 2.05) is 34.3 Å². The SMILES string of the molecule is O=C(Nc1nc(C2CCCN2c2ccc3c(c2)OC(F)(F)O3)cs1)c1cccn1Cc1ccncc1. The molecule has 36 heavy (non-hydrogen) atoms. The fraction of sp³-hybridized carbons (Fsp3) is 0.240. The number of benzene rings is 1. The molecule has 1 aromatic carbocycles. The van der Waals surface area contributed by atoms with Crippen molar-refractivity contribution in [2.75, 3.05) is 16.8 Å². The highest BCUT2D eigenvalue weighted by Crippen LogP contribution is 2.45. The van der Waals surface area contributed by atoms with E-state index in [2.05, 4.69) is 29.7 Å². The number of carbonyl (C=O) groups is 1. The molecule has 184 valence electrons. The Balaban J connectivity index is 1.16. The molecular formula is C25H21F2N5O3S. The molecule has 0 radical (unpaired) electrons. The van der Waals surface area contributed by atoms with Crippen LogP contribution in [0.2, 0.25) is 0 Å². The van der Waals surface area contributed by atoms with E-state index < -0.39 is 6.29 Å². The number of carbonyl (C=O) groups excluding carboxylic acids is 1. The molecule has 1 N–H and O–H groups in total. The van der Waals surface area contributed by atoms with Gasteiger partial charge >= 0.3 is 6.29 Å². The highest BCUT2D eigenvalue weighted by molar-refractivity contribution is 7.14. The van der Waals surface area contributed by atoms with Crippen LogP contribution in [-0.2, 0) is 6.54 Å². The highest BCUT2D eigenvalue weighted by atomic mass is 32.1. The molecule has 1 atom stereocenters. The second-order valence-corrected chi connectivity index (χ2v) is 9.42. The predicted octanol–water partition coefficient (Wildman–Crippen LogP) is 5.30. The molecule has 6 rings (SSSR count). The quantitative estimate of drug-likeness (QED) is 0.380. The largest absolute Gasteiger partial charge is 0.586 e. The Labute approximate surface area is 209 Å². The van der Waals surface area contributed by atoms with Gasteiger partial charge in [-0.05, 0) is 54.8 Å². The summed E-state index contributed by atoms with van der Waals surface area (Å²) < 4.78 is 37.9. The lowest BCUT2D eigenvalue weighted by Gasteiger charge is -2.25. The fourth-order valence-electron chi connectivity index (χ4n) is 4.60. The number of hydrogen-bond acceptors (Lipinski definition) is 7. The zero-order chi connectivity index (χ0) is 24.7. The Bertz CT molecular complexity index is 1410. The van der Waals surface area contributed by atoms with Gasteiger partial charge in [-0.3, -0.25) is 15.1 Å². The summed E-state index contributed by atoms with van der Waals surface area (Å²) in [4.78, 5) is 23.8. The first-order valence-electron chi connectivity index (χ1n) is 11.4. The lowest BCUT2D eigenvalue weighted by Crippen LogP contribution is -2.26. The van der Waals surface area contributed by atoms with E-state index in [0.29, 0.717) is 17.4 Å². The third-order valence-corrected chi connectivity index (χ3v) is 6.99. The van der Waals surface area contributed by atoms with Gasteiger partial charge in [0.25, 0.3) is 5.91 Å². The van der Waals surface area contributed by atoms with Gasteiger partial charge in [-0.1, -0.05) is 0 Å². The standard InChI is InChI=1S/C25H21F2N5O3S/c26-25(27)34-21-6-5-17(13-22(21)35-25)32-12-2-3-19(32)18-15-36-24(29-18)30-23(33)20-4-1-11-31(20)14-16-7-9-28-10-8-16/h1,4-11,13,15,19H,2-3,12,14H2,(H,29,30,33). The number of halogens is 2. The van der Waals surface area contributed by atoms with Crippen molar-refractivity contribution in [1.29, 1.82) is 0 Å². The number of alkyl halides is 2. The maximum atomic E-state index is 13.4. The fourth-order valence-corrected chi connectivity index (χ4v) is 5.35. The molecular weight excluding hydrogens is 488 g/mol. The van der Waals surface area contributed by atoms with Crippen molar-refractivity contribution in [3.63, 3.8) is 0 Å². The van der Waals surface area contributed by atoms with Crippen LogP contribution in [0.4, 0.5) is 19.6 Å². The summed E-state index contributed by atoms with van der Waals surface area (Å²) in [5.74, 6) is -0.203. The van der Waals surface area contributed by atoms with Crippen molar-refractivity contribution in [2.24, 2.45) is 0 Å². The number of fused-ring (bicyclic) bond motifs is 1. The van der Waals surface area contributed by atoms with Crippen molar-refractivity contribution in [1.82, 2.24) is 14.5 Å². The van der Waals surface area contributed by atoms with Gasteiger partial charge in [-0.15, -0.1) is 20.1 Å². The van der Waals surface area contributed by atoms with Crippen molar-refractivity contribution in [2.45, 2.75) is 31.7 Å². The van der Waals surface area contributed by atoms with Crippen molar-refractivity contribution in [3.8, 4) is 11.5 Å². The summed E-state index contributed by atoms with van der Waals surface area (Å²) in [5.41, 5.74) is 3.15. The molecule has 0 saturated carbocycles. The van der Waals surface area contributed by atoms with Gasteiger partial charge in [0.05, 0.1) is 11.7 Å². The van der Waals surface area contributed by atoms with E-state index in [1.54, 1.807) is 30.6 Å². The Morgan fingerprint density at radius 1 is 1.17 bits per heavy atom. The van der Waals surface area contributed by atoms with Gasteiger partial charge in [0, 0.05) is 48.8 Å². The molecule has 1 amide bonds. The van der Waals surface area contributed by atoms with Crippen molar-refractivity contribution >= 4 is 28.1 Å². The van der Waals surface area contributed by atoms with Crippen LogP contribution in [0, 0.1) is 0 Å². The molecule has 1 unspecified atom stereocenters. The average molecular weight is 510 g/mol. The Hall–Kier alpha value is -3.99. The number of amides is 1. The predicted molar refractivity (Wildman–Crippen MR) is 130 cm³/mol. The van der Waals surface area contributed by atoms with Gasteiger partial charge < -0.3 is 18.9 Å². The van der Waals surface area contributed by atoms with Gasteiger partial charge in [0.2, 0.25) is 0 Å². The minimum Gasteiger partial charge on any atom is -0.395 e. The molecule has 1 saturated heterocycles. The average Bonchev–Trinajstić information content (AvgIpc) is 3.64. The molecule has 2 aliphatic rings. The summed E-state index contributed by atoms with van der Waals surface area (Å²) >= 11 is 1.36. The third kappa shape index (κ3) is 4.37. The first kappa shape index (κ1) is 22.5. The van der Waals surface area contributed by atoms with Crippen LogP contribution in [0.3, 0.4) is 0 Å². The number of nitrogens with one attached hydrogen (secondary N) is 1. The third-order valence-electron chi connectivity index (χ3n) is 6.22. The molecule has 11 heteroatoms. The molecule has 4 aromatic rings. The second kappa shape index (κ2) is 8.90. The van der Waals surface area contributed by atoms with Crippen molar-refractivity contribution < 1.29 is 23.0 Å². The van der Waals surface area contributed by atoms with E-state index in [-0.39, 0.29) is 23.4 Å². The topological polar surface area (TPSA) is 81.5 Å². The number of ether oxygens (including phenoxy) is 2. The number of pyridine rings is 1. The number of aromatic nitrogens is 3. The lowest BCUT2D eigenvalue weighted by molar-refractivity contribution is -0.286. The molecule has 0 aliphatic carbocycles. The minimum absolute atomic E-state index is 0.0177. The zero-order valence-corrected chi connectivity index (χ0v) is 19.8. The highest BCUT2D eigenvalue weighted by Gasteiger charge is 2.44. The molecule has 1 fully saturated rings. The molecule has 0 bridgehead atoms. The van der Waals surface area contributed by atoms with Gasteiger partial charge in [-0.2, -0.15) is 0 Å². The van der Waals surface area contributed by atoms with Crippen molar-refractivity contribution in [3.05, 3.63) is 83.4 Å². The number of rotatable bonds is 6. The number of nitrogens with zero attached hydrogens (tertiary/aromatic N) is 4. The van der Waals surface area contributed by atoms with E-state index in [9.17, 15) is 13.6 Å². The summed E-state index contributed by atoms with van der Waals surface area (Å²) in [6.07, 6.45) is 3.45. The second-order valence-electron chi connectivity index (χ2n) is 8.56. The van der Waals surface area contributed by atoms with Gasteiger partial charge in [-0.25, -0.2) is 4.98 Å². The normalized spacial score (nSPS) is 17.9. The van der Waals surface area contributed by atoms with Crippen LogP contribution in [0.1, 0.15) is 40.6 Å². The summed E-state index contributed by atoms with van der Waals surface area (Å²) in [6.45, 7) is 1.31. The number of hydrogen-bond donors (Lipinski definition) is 1. The van der Waals surface area contributed by atoms with Gasteiger partial charge in [0.1, 0.15) is 5.69 Å². The maximum Gasteiger partial charge on any atom is 0.586 e. The van der Waals surface area contributed by atoms with Crippen LogP contribution in [0.15, 0.2) is 66.4 Å². The zero-order valence-electron chi connectivity index (χ0n) is 18.9. The van der Waals surface area contributed by atoms with E-state index in [1.165, 1.54) is 17.4 Å². The monoisotopic (exact) mass is 509 g/mol. The smallest absolute Gasteiger partial charge is 0.395 e. The first-order valence-corrected chi connectivity index (χ1v) is 12.3. The van der Waals surface area contributed by atoms with Crippen LogP contribution < -0.4 is 19.7 Å². The maximum absolute atomic E-state index is 13.4. The molecule has 8 nitrogen and oxygen atoms in total. The van der Waals surface area contributed by atoms with E-state index in [0.717, 1.165) is 36.3 Å². The van der Waals surface area contributed by atoms with E-state index >= 15 is 0 Å². The Kier molecular flexibility index (Phi) is 5.56. The van der Waals surface area contributed by atoms with Crippen LogP contribution >= 0.6 is 11.3 Å². The van der Waals surface area contributed by atoms with Crippen LogP contribution in [0.5, 0.6) is 11.5 Å². The minimum atomic E-state index is -3.65. The Morgan fingerprint density at radius 3 is 2.86 bits per heavy atom. The molecule has 5 heterocycles. The summed E-state index contributed by atoms with van der Waals surface area (Å²) in [5, 5.41) is 5.34. The Morgan fingerprint density at radius 2 is 2.00 bits per heavy atom. The lowest BCUT2D eigenvalue weighted by atomic mass is 10.1. The number of anilines is 2.